The summed E-state index contributed by atoms with van der Waals surface area (Å²) >= 11 is 0. The van der Waals surface area contributed by atoms with Gasteiger partial charge < -0.3 is 5.73 Å². The molecular weight excluding hydrogens is 253 g/mol. The van der Waals surface area contributed by atoms with Crippen LogP contribution in [0.25, 0.3) is 0 Å². The van der Waals surface area contributed by atoms with Gasteiger partial charge in [-0.2, -0.15) is 0 Å². The molecule has 3 heteroatoms. The lowest BCUT2D eigenvalue weighted by molar-refractivity contribution is 0.0869. The van der Waals surface area contributed by atoms with E-state index in [1.807, 2.05) is 0 Å². The highest BCUT2D eigenvalue weighted by Gasteiger charge is 2.26. The van der Waals surface area contributed by atoms with Gasteiger partial charge in [-0.3, -0.25) is 4.79 Å². The van der Waals surface area contributed by atoms with Crippen molar-refractivity contribution in [2.24, 2.45) is 11.8 Å². The third kappa shape index (κ3) is 3.59. The number of carbonyl (C=O) groups excluding carboxylic acids is 1. The number of hydrogen-bond donors (Lipinski definition) is 1. The first kappa shape index (κ1) is 15.0. The summed E-state index contributed by atoms with van der Waals surface area (Å²) in [7, 11) is 0. The SMILES string of the molecule is CCCCC1CCC(C(=O)c2ccc(N)c(F)c2)CC1. The van der Waals surface area contributed by atoms with Crippen molar-refractivity contribution in [2.45, 2.75) is 51.9 Å². The van der Waals surface area contributed by atoms with E-state index in [1.165, 1.54) is 31.4 Å². The standard InChI is InChI=1S/C17H24FNO/c1-2-3-4-12-5-7-13(8-6-12)17(20)14-9-10-16(19)15(18)11-14/h9-13H,2-8,19H2,1H3. The second-order valence-electron chi connectivity index (χ2n) is 5.96. The minimum atomic E-state index is -0.493. The monoisotopic (exact) mass is 277 g/mol. The quantitative estimate of drug-likeness (QED) is 0.632. The summed E-state index contributed by atoms with van der Waals surface area (Å²) in [5.41, 5.74) is 6.01. The van der Waals surface area contributed by atoms with Gasteiger partial charge in [-0.25, -0.2) is 4.39 Å². The molecule has 0 spiro atoms. The Hall–Kier alpha value is -1.38. The number of nitrogen functional groups attached to an aromatic ring is 1. The summed E-state index contributed by atoms with van der Waals surface area (Å²) in [5, 5.41) is 0. The number of unbranched alkanes of at least 4 members (excludes halogenated alkanes) is 1. The van der Waals surface area contributed by atoms with Crippen LogP contribution >= 0.6 is 0 Å². The van der Waals surface area contributed by atoms with Gasteiger partial charge in [0.15, 0.2) is 5.78 Å². The molecule has 0 saturated heterocycles. The van der Waals surface area contributed by atoms with Crippen molar-refractivity contribution in [1.29, 1.82) is 0 Å². The Morgan fingerprint density at radius 1 is 1.30 bits per heavy atom. The van der Waals surface area contributed by atoms with Gasteiger partial charge in [-0.05, 0) is 49.8 Å². The van der Waals surface area contributed by atoms with Gasteiger partial charge in [-0.15, -0.1) is 0 Å². The minimum Gasteiger partial charge on any atom is -0.396 e. The molecule has 20 heavy (non-hydrogen) atoms. The van der Waals surface area contributed by atoms with Gasteiger partial charge in [0, 0.05) is 11.5 Å². The second kappa shape index (κ2) is 6.87. The van der Waals surface area contributed by atoms with E-state index in [2.05, 4.69) is 6.92 Å². The van der Waals surface area contributed by atoms with E-state index in [-0.39, 0.29) is 17.4 Å². The minimum absolute atomic E-state index is 0.0656. The largest absolute Gasteiger partial charge is 0.396 e. The van der Waals surface area contributed by atoms with Gasteiger partial charge in [0.05, 0.1) is 5.69 Å². The normalized spacial score (nSPS) is 22.7. The number of hydrogen-bond acceptors (Lipinski definition) is 2. The predicted molar refractivity (Wildman–Crippen MR) is 80.1 cm³/mol. The van der Waals surface area contributed by atoms with E-state index in [1.54, 1.807) is 6.07 Å². The Labute approximate surface area is 120 Å². The highest BCUT2D eigenvalue weighted by atomic mass is 19.1. The lowest BCUT2D eigenvalue weighted by Gasteiger charge is -2.27. The number of nitrogens with two attached hydrogens (primary N) is 1. The molecule has 0 bridgehead atoms. The summed E-state index contributed by atoms with van der Waals surface area (Å²) in [5.74, 6) is 0.434. The van der Waals surface area contributed by atoms with Crippen LogP contribution in [0.3, 0.4) is 0 Å². The van der Waals surface area contributed by atoms with Crippen molar-refractivity contribution >= 4 is 11.5 Å². The number of anilines is 1. The molecule has 1 aromatic rings. The Kier molecular flexibility index (Phi) is 5.16. The number of Topliss-reactive ketones (excluding diaryl/α,β-unsaturated/α-hetero) is 1. The van der Waals surface area contributed by atoms with Crippen LogP contribution in [0.1, 0.15) is 62.2 Å². The van der Waals surface area contributed by atoms with E-state index < -0.39 is 5.82 Å². The molecule has 0 aromatic heterocycles. The van der Waals surface area contributed by atoms with Gasteiger partial charge in [0.2, 0.25) is 0 Å². The fraction of sp³-hybridized carbons (Fsp3) is 0.588. The molecule has 1 aliphatic rings. The Morgan fingerprint density at radius 2 is 2.00 bits per heavy atom. The molecule has 1 aliphatic carbocycles. The van der Waals surface area contributed by atoms with E-state index in [0.717, 1.165) is 31.6 Å². The fourth-order valence-electron chi connectivity index (χ4n) is 3.12. The summed E-state index contributed by atoms with van der Waals surface area (Å²) in [6.45, 7) is 2.21. The summed E-state index contributed by atoms with van der Waals surface area (Å²) in [6, 6.07) is 4.40. The van der Waals surface area contributed by atoms with Crippen molar-refractivity contribution in [3.05, 3.63) is 29.6 Å². The zero-order chi connectivity index (χ0) is 14.5. The molecule has 0 atom stereocenters. The lowest BCUT2D eigenvalue weighted by Crippen LogP contribution is -2.22. The van der Waals surface area contributed by atoms with E-state index in [0.29, 0.717) is 5.56 Å². The van der Waals surface area contributed by atoms with Crippen LogP contribution in [0, 0.1) is 17.7 Å². The Morgan fingerprint density at radius 3 is 2.60 bits per heavy atom. The molecule has 0 radical (unpaired) electrons. The topological polar surface area (TPSA) is 43.1 Å². The van der Waals surface area contributed by atoms with Crippen molar-refractivity contribution in [3.8, 4) is 0 Å². The van der Waals surface area contributed by atoms with Crippen LogP contribution in [-0.4, -0.2) is 5.78 Å². The number of carbonyl (C=O) groups is 1. The first-order valence-corrected chi connectivity index (χ1v) is 7.71. The van der Waals surface area contributed by atoms with Crippen molar-refractivity contribution in [2.75, 3.05) is 5.73 Å². The van der Waals surface area contributed by atoms with Crippen LogP contribution in [0.2, 0.25) is 0 Å². The van der Waals surface area contributed by atoms with Gasteiger partial charge in [0.25, 0.3) is 0 Å². The van der Waals surface area contributed by atoms with Crippen LogP contribution in [0.5, 0.6) is 0 Å². The highest BCUT2D eigenvalue weighted by molar-refractivity contribution is 5.98. The fourth-order valence-corrected chi connectivity index (χ4v) is 3.12. The summed E-state index contributed by atoms with van der Waals surface area (Å²) < 4.78 is 13.4. The maximum absolute atomic E-state index is 13.4. The lowest BCUT2D eigenvalue weighted by atomic mass is 9.77. The smallest absolute Gasteiger partial charge is 0.166 e. The molecule has 1 saturated carbocycles. The van der Waals surface area contributed by atoms with Gasteiger partial charge in [0.1, 0.15) is 5.82 Å². The van der Waals surface area contributed by atoms with Crippen LogP contribution in [0.15, 0.2) is 18.2 Å². The predicted octanol–water partition coefficient (Wildman–Crippen LogP) is 4.59. The maximum atomic E-state index is 13.4. The molecule has 2 rings (SSSR count). The van der Waals surface area contributed by atoms with Gasteiger partial charge >= 0.3 is 0 Å². The van der Waals surface area contributed by atoms with Crippen LogP contribution < -0.4 is 5.73 Å². The van der Waals surface area contributed by atoms with Gasteiger partial charge in [-0.1, -0.05) is 26.2 Å². The third-order valence-corrected chi connectivity index (χ3v) is 4.47. The van der Waals surface area contributed by atoms with Crippen molar-refractivity contribution in [1.82, 2.24) is 0 Å². The first-order chi connectivity index (χ1) is 9.61. The summed E-state index contributed by atoms with van der Waals surface area (Å²) in [6.07, 6.45) is 7.96. The third-order valence-electron chi connectivity index (χ3n) is 4.47. The molecule has 2 N–H and O–H groups in total. The number of halogens is 1. The molecule has 110 valence electrons. The zero-order valence-corrected chi connectivity index (χ0v) is 12.2. The molecule has 2 nitrogen and oxygen atoms in total. The highest BCUT2D eigenvalue weighted by Crippen LogP contribution is 2.33. The average molecular weight is 277 g/mol. The number of ketones is 1. The second-order valence-corrected chi connectivity index (χ2v) is 5.96. The molecule has 1 aromatic carbocycles. The number of rotatable bonds is 5. The van der Waals surface area contributed by atoms with Crippen molar-refractivity contribution in [3.63, 3.8) is 0 Å². The molecule has 0 heterocycles. The molecule has 0 amide bonds. The van der Waals surface area contributed by atoms with Crippen molar-refractivity contribution < 1.29 is 9.18 Å². The van der Waals surface area contributed by atoms with Crippen LogP contribution in [0.4, 0.5) is 10.1 Å². The zero-order valence-electron chi connectivity index (χ0n) is 12.2. The molecule has 0 unspecified atom stereocenters. The number of benzene rings is 1. The average Bonchev–Trinajstić information content (AvgIpc) is 2.48. The molecular formula is C17H24FNO. The van der Waals surface area contributed by atoms with Crippen LogP contribution in [-0.2, 0) is 0 Å². The maximum Gasteiger partial charge on any atom is 0.166 e. The first-order valence-electron chi connectivity index (χ1n) is 7.71. The summed E-state index contributed by atoms with van der Waals surface area (Å²) in [4.78, 5) is 12.4. The molecule has 1 fully saturated rings. The van der Waals surface area contributed by atoms with E-state index >= 15 is 0 Å². The van der Waals surface area contributed by atoms with E-state index in [4.69, 9.17) is 5.73 Å². The Bertz CT molecular complexity index is 464. The molecule has 0 aliphatic heterocycles. The van der Waals surface area contributed by atoms with E-state index in [9.17, 15) is 9.18 Å². The Balaban J connectivity index is 1.92.